The molecule has 46 heavy (non-hydrogen) atoms. The van der Waals surface area contributed by atoms with Crippen LogP contribution in [0.5, 0.6) is 23.4 Å². The average molecular weight is 651 g/mol. The van der Waals surface area contributed by atoms with Crippen molar-refractivity contribution in [2.75, 3.05) is 6.61 Å². The molecule has 4 atom stereocenters. The van der Waals surface area contributed by atoms with Crippen molar-refractivity contribution in [1.82, 2.24) is 40.8 Å². The standard InChI is InChI=1S/C28H20ClFN8O8/c29-16-4-8-22(46-26-24(28(41)42)34-38-36-26)32-18(16)5-1-13-9-21(43-12-13)20-7-3-14(44-20)2-6-19-17(30)10-15(11-31-19)45-25-23(27(39)40)33-37-35-25/h4,8,10-11,13-14,20-21H,3,7,9,12H2,(H,39,40)(H,41,42)(H,33,35,37)(H,34,36,38). The van der Waals surface area contributed by atoms with Crippen molar-refractivity contribution >= 4 is 23.5 Å². The minimum Gasteiger partial charge on any atom is -0.476 e. The van der Waals surface area contributed by atoms with Crippen LogP contribution >= 0.6 is 11.6 Å². The number of H-pyrrole nitrogens is 2. The number of nitrogens with zero attached hydrogens (tertiary/aromatic N) is 6. The Labute approximate surface area is 262 Å². The number of hydrogen-bond acceptors (Lipinski definition) is 12. The number of nitrogens with one attached hydrogen (secondary N) is 2. The van der Waals surface area contributed by atoms with Gasteiger partial charge in [0.2, 0.25) is 17.3 Å². The van der Waals surface area contributed by atoms with E-state index >= 15 is 0 Å². The molecule has 0 radical (unpaired) electrons. The number of aromatic nitrogens is 8. The van der Waals surface area contributed by atoms with Crippen LogP contribution in [-0.2, 0) is 9.47 Å². The van der Waals surface area contributed by atoms with Gasteiger partial charge >= 0.3 is 11.9 Å². The summed E-state index contributed by atoms with van der Waals surface area (Å²) in [5.41, 5.74) is -0.739. The highest BCUT2D eigenvalue weighted by Crippen LogP contribution is 2.31. The fourth-order valence-electron chi connectivity index (χ4n) is 4.60. The second kappa shape index (κ2) is 13.2. The normalized spacial score (nSPS) is 20.3. The lowest BCUT2D eigenvalue weighted by Crippen LogP contribution is -2.25. The molecule has 0 aliphatic carbocycles. The summed E-state index contributed by atoms with van der Waals surface area (Å²) in [6.07, 6.45) is 2.20. The van der Waals surface area contributed by atoms with E-state index in [1.54, 1.807) is 0 Å². The molecule has 4 aromatic heterocycles. The predicted molar refractivity (Wildman–Crippen MR) is 150 cm³/mol. The molecule has 2 aliphatic rings. The van der Waals surface area contributed by atoms with Crippen LogP contribution in [0.25, 0.3) is 0 Å². The molecule has 2 saturated heterocycles. The van der Waals surface area contributed by atoms with Crippen LogP contribution in [0.15, 0.2) is 24.4 Å². The zero-order valence-corrected chi connectivity index (χ0v) is 24.0. The van der Waals surface area contributed by atoms with E-state index in [0.29, 0.717) is 25.9 Å². The molecular weight excluding hydrogens is 631 g/mol. The van der Waals surface area contributed by atoms with Gasteiger partial charge in [-0.3, -0.25) is 0 Å². The zero-order chi connectivity index (χ0) is 32.2. The molecule has 0 bridgehead atoms. The minimum absolute atomic E-state index is 0.0506. The molecule has 4 N–H and O–H groups in total. The number of aromatic amines is 2. The molecule has 18 heteroatoms. The van der Waals surface area contributed by atoms with Crippen molar-refractivity contribution in [2.45, 2.75) is 37.6 Å². The monoisotopic (exact) mass is 650 g/mol. The third kappa shape index (κ3) is 6.87. The van der Waals surface area contributed by atoms with Crippen LogP contribution in [0.3, 0.4) is 0 Å². The van der Waals surface area contributed by atoms with E-state index in [-0.39, 0.29) is 57.9 Å². The van der Waals surface area contributed by atoms with E-state index in [0.717, 1.165) is 6.07 Å². The predicted octanol–water partition coefficient (Wildman–Crippen LogP) is 2.84. The number of hydrogen-bond donors (Lipinski definition) is 4. The molecule has 16 nitrogen and oxygen atoms in total. The van der Waals surface area contributed by atoms with E-state index in [1.165, 1.54) is 18.3 Å². The maximum atomic E-state index is 14.6. The lowest BCUT2D eigenvalue weighted by molar-refractivity contribution is -0.0313. The summed E-state index contributed by atoms with van der Waals surface area (Å²) in [7, 11) is 0. The molecule has 4 aromatic rings. The van der Waals surface area contributed by atoms with Crippen LogP contribution in [0.4, 0.5) is 4.39 Å². The van der Waals surface area contributed by atoms with E-state index < -0.39 is 35.2 Å². The van der Waals surface area contributed by atoms with Crippen molar-refractivity contribution in [3.8, 4) is 47.1 Å². The van der Waals surface area contributed by atoms with Gasteiger partial charge in [0.1, 0.15) is 17.5 Å². The van der Waals surface area contributed by atoms with Gasteiger partial charge in [0.25, 0.3) is 11.8 Å². The van der Waals surface area contributed by atoms with Crippen LogP contribution in [0.1, 0.15) is 51.6 Å². The summed E-state index contributed by atoms with van der Waals surface area (Å²) in [5.74, 6) is 7.61. The fraction of sp³-hybridized carbons (Fsp3) is 0.286. The van der Waals surface area contributed by atoms with Gasteiger partial charge in [0, 0.05) is 18.1 Å². The Hall–Kier alpha value is -5.62. The quantitative estimate of drug-likeness (QED) is 0.211. The first kappa shape index (κ1) is 30.4. The number of carboxylic acid groups (broad SMARTS) is 2. The highest BCUT2D eigenvalue weighted by atomic mass is 35.5. The molecule has 0 aromatic carbocycles. The third-order valence-electron chi connectivity index (χ3n) is 6.74. The Morgan fingerprint density at radius 2 is 1.70 bits per heavy atom. The highest BCUT2D eigenvalue weighted by molar-refractivity contribution is 6.31. The second-order valence-corrected chi connectivity index (χ2v) is 10.3. The lowest BCUT2D eigenvalue weighted by Gasteiger charge is -2.17. The summed E-state index contributed by atoms with van der Waals surface area (Å²) < 4.78 is 37.4. The van der Waals surface area contributed by atoms with Crippen molar-refractivity contribution in [3.05, 3.63) is 58.0 Å². The van der Waals surface area contributed by atoms with Crippen LogP contribution in [-0.4, -0.2) is 87.9 Å². The molecule has 4 unspecified atom stereocenters. The average Bonchev–Trinajstić information content (AvgIpc) is 3.84. The van der Waals surface area contributed by atoms with E-state index in [9.17, 15) is 14.0 Å². The van der Waals surface area contributed by atoms with E-state index in [2.05, 4.69) is 64.5 Å². The largest absolute Gasteiger partial charge is 0.476 e. The number of ether oxygens (including phenoxy) is 4. The maximum absolute atomic E-state index is 14.6. The van der Waals surface area contributed by atoms with Gasteiger partial charge < -0.3 is 29.2 Å². The lowest BCUT2D eigenvalue weighted by atomic mass is 10.0. The van der Waals surface area contributed by atoms with Gasteiger partial charge in [-0.15, -0.1) is 10.2 Å². The minimum atomic E-state index is -1.36. The van der Waals surface area contributed by atoms with Crippen molar-refractivity contribution in [3.63, 3.8) is 0 Å². The Kier molecular flexibility index (Phi) is 8.70. The Bertz CT molecular complexity index is 1930. The molecule has 0 amide bonds. The van der Waals surface area contributed by atoms with E-state index in [4.69, 9.17) is 40.8 Å². The number of carbonyl (C=O) groups is 2. The Balaban J connectivity index is 1.03. The van der Waals surface area contributed by atoms with Gasteiger partial charge in [-0.2, -0.15) is 0 Å². The molecule has 2 aliphatic heterocycles. The summed E-state index contributed by atoms with van der Waals surface area (Å²) in [6, 6.07) is 4.00. The first-order chi connectivity index (χ1) is 22.2. The topological polar surface area (TPSA) is 220 Å². The summed E-state index contributed by atoms with van der Waals surface area (Å²) in [5, 5.41) is 36.8. The molecule has 6 heterocycles. The van der Waals surface area contributed by atoms with Gasteiger partial charge in [0.05, 0.1) is 30.0 Å². The van der Waals surface area contributed by atoms with Crippen LogP contribution < -0.4 is 9.47 Å². The molecule has 234 valence electrons. The highest BCUT2D eigenvalue weighted by Gasteiger charge is 2.36. The molecule has 2 fully saturated rings. The Morgan fingerprint density at radius 1 is 0.978 bits per heavy atom. The SMILES string of the molecule is O=C(O)c1nn[nH]c1Oc1cnc(C#CC2CCC(C3CC(C#Cc4nc(Oc5[nH]nnc5C(=O)O)ccc4Cl)CO3)O2)c(F)c1. The first-order valence-electron chi connectivity index (χ1n) is 13.5. The maximum Gasteiger partial charge on any atom is 0.362 e. The number of aromatic carboxylic acids is 2. The van der Waals surface area contributed by atoms with Crippen molar-refractivity contribution in [2.24, 2.45) is 5.92 Å². The Morgan fingerprint density at radius 3 is 2.41 bits per heavy atom. The number of rotatable bonds is 7. The molecule has 6 rings (SSSR count). The van der Waals surface area contributed by atoms with Crippen molar-refractivity contribution in [1.29, 1.82) is 0 Å². The number of carboxylic acids is 2. The van der Waals surface area contributed by atoms with Crippen LogP contribution in [0, 0.1) is 35.4 Å². The summed E-state index contributed by atoms with van der Waals surface area (Å²) in [4.78, 5) is 30.6. The zero-order valence-electron chi connectivity index (χ0n) is 23.2. The third-order valence-corrected chi connectivity index (χ3v) is 7.05. The summed E-state index contributed by atoms with van der Waals surface area (Å²) >= 11 is 6.26. The first-order valence-corrected chi connectivity index (χ1v) is 13.9. The molecular formula is C28H20ClFN8O8. The smallest absolute Gasteiger partial charge is 0.362 e. The van der Waals surface area contributed by atoms with Gasteiger partial charge in [0.15, 0.2) is 11.6 Å². The second-order valence-electron chi connectivity index (χ2n) is 9.86. The molecule has 0 saturated carbocycles. The van der Waals surface area contributed by atoms with Crippen molar-refractivity contribution < 1.29 is 43.1 Å². The number of pyridine rings is 2. The van der Waals surface area contributed by atoms with Gasteiger partial charge in [-0.25, -0.2) is 34.1 Å². The van der Waals surface area contributed by atoms with Crippen LogP contribution in [0.2, 0.25) is 5.02 Å². The fourth-order valence-corrected chi connectivity index (χ4v) is 4.75. The van der Waals surface area contributed by atoms with E-state index in [1.807, 2.05) is 0 Å². The summed E-state index contributed by atoms with van der Waals surface area (Å²) in [6.45, 7) is 0.371. The number of halogens is 2. The van der Waals surface area contributed by atoms with Gasteiger partial charge in [-0.05, 0) is 37.2 Å². The van der Waals surface area contributed by atoms with Gasteiger partial charge in [-0.1, -0.05) is 33.9 Å². The molecule has 0 spiro atoms.